The highest BCUT2D eigenvalue weighted by molar-refractivity contribution is 5.84. The van der Waals surface area contributed by atoms with E-state index in [-0.39, 0.29) is 18.3 Å². The number of aliphatic imine (C=N–C) groups is 1. The SMILES string of the molecule is NC(=NCC(=O)N1CCCC1)N1CCN(c2ccc(F)cc2)CC1. The monoisotopic (exact) mass is 333 g/mol. The number of amides is 1. The maximum atomic E-state index is 13.0. The first kappa shape index (κ1) is 16.5. The molecule has 1 aromatic carbocycles. The van der Waals surface area contributed by atoms with Crippen LogP contribution >= 0.6 is 0 Å². The summed E-state index contributed by atoms with van der Waals surface area (Å²) in [4.78, 5) is 22.3. The number of rotatable bonds is 3. The van der Waals surface area contributed by atoms with Crippen LogP contribution in [0.3, 0.4) is 0 Å². The lowest BCUT2D eigenvalue weighted by Gasteiger charge is -2.36. The summed E-state index contributed by atoms with van der Waals surface area (Å²) in [6, 6.07) is 6.53. The van der Waals surface area contributed by atoms with Gasteiger partial charge in [0.15, 0.2) is 5.96 Å². The average Bonchev–Trinajstić information content (AvgIpc) is 3.15. The highest BCUT2D eigenvalue weighted by atomic mass is 19.1. The Balaban J connectivity index is 1.49. The lowest BCUT2D eigenvalue weighted by molar-refractivity contribution is -0.128. The molecule has 7 heteroatoms. The van der Waals surface area contributed by atoms with Gasteiger partial charge in [0.25, 0.3) is 0 Å². The summed E-state index contributed by atoms with van der Waals surface area (Å²) >= 11 is 0. The predicted octanol–water partition coefficient (Wildman–Crippen LogP) is 0.885. The topological polar surface area (TPSA) is 65.2 Å². The molecule has 2 aliphatic heterocycles. The lowest BCUT2D eigenvalue weighted by Crippen LogP contribution is -2.51. The van der Waals surface area contributed by atoms with Crippen molar-refractivity contribution in [2.45, 2.75) is 12.8 Å². The zero-order chi connectivity index (χ0) is 16.9. The van der Waals surface area contributed by atoms with Gasteiger partial charge in [0.2, 0.25) is 5.91 Å². The van der Waals surface area contributed by atoms with Crippen LogP contribution in [-0.2, 0) is 4.79 Å². The van der Waals surface area contributed by atoms with Crippen molar-refractivity contribution in [1.82, 2.24) is 9.80 Å². The van der Waals surface area contributed by atoms with Gasteiger partial charge in [0.1, 0.15) is 12.4 Å². The molecule has 24 heavy (non-hydrogen) atoms. The molecule has 0 spiro atoms. The number of piperazine rings is 1. The molecule has 0 radical (unpaired) electrons. The highest BCUT2D eigenvalue weighted by Crippen LogP contribution is 2.16. The molecule has 6 nitrogen and oxygen atoms in total. The van der Waals surface area contributed by atoms with Crippen LogP contribution in [0.25, 0.3) is 0 Å². The van der Waals surface area contributed by atoms with E-state index in [4.69, 9.17) is 5.73 Å². The third kappa shape index (κ3) is 3.96. The Morgan fingerprint density at radius 2 is 1.62 bits per heavy atom. The predicted molar refractivity (Wildman–Crippen MR) is 92.5 cm³/mol. The molecule has 1 aromatic rings. The third-order valence-corrected chi connectivity index (χ3v) is 4.63. The lowest BCUT2D eigenvalue weighted by atomic mass is 10.2. The summed E-state index contributed by atoms with van der Waals surface area (Å²) in [5, 5.41) is 0. The molecule has 2 aliphatic rings. The van der Waals surface area contributed by atoms with E-state index in [1.54, 1.807) is 12.1 Å². The van der Waals surface area contributed by atoms with Crippen LogP contribution in [0.1, 0.15) is 12.8 Å². The van der Waals surface area contributed by atoms with Crippen molar-refractivity contribution < 1.29 is 9.18 Å². The number of anilines is 1. The molecule has 0 atom stereocenters. The fraction of sp³-hybridized carbons (Fsp3) is 0.529. The van der Waals surface area contributed by atoms with Crippen molar-refractivity contribution in [2.75, 3.05) is 50.7 Å². The summed E-state index contributed by atoms with van der Waals surface area (Å²) in [6.07, 6.45) is 2.16. The molecule has 2 saturated heterocycles. The number of halogens is 1. The van der Waals surface area contributed by atoms with Gasteiger partial charge >= 0.3 is 0 Å². The number of benzene rings is 1. The minimum atomic E-state index is -0.226. The second kappa shape index (κ2) is 7.51. The molecule has 0 unspecified atom stereocenters. The standard InChI is InChI=1S/C17H24FN5O/c18-14-3-5-15(6-4-14)21-9-11-23(12-10-21)17(19)20-13-16(24)22-7-1-2-8-22/h3-6H,1-2,7-13H2,(H2,19,20). The second-order valence-corrected chi connectivity index (χ2v) is 6.21. The molecule has 0 saturated carbocycles. The third-order valence-electron chi connectivity index (χ3n) is 4.63. The van der Waals surface area contributed by atoms with Crippen molar-refractivity contribution in [3.8, 4) is 0 Å². The van der Waals surface area contributed by atoms with E-state index in [1.807, 2.05) is 9.80 Å². The summed E-state index contributed by atoms with van der Waals surface area (Å²) in [5.74, 6) is 0.262. The second-order valence-electron chi connectivity index (χ2n) is 6.21. The van der Waals surface area contributed by atoms with E-state index >= 15 is 0 Å². The van der Waals surface area contributed by atoms with Crippen LogP contribution in [0.5, 0.6) is 0 Å². The zero-order valence-electron chi connectivity index (χ0n) is 13.8. The molecule has 1 amide bonds. The molecule has 2 N–H and O–H groups in total. The Labute approximate surface area is 141 Å². The molecule has 2 fully saturated rings. The smallest absolute Gasteiger partial charge is 0.244 e. The van der Waals surface area contributed by atoms with Crippen LogP contribution in [-0.4, -0.2) is 67.5 Å². The Bertz CT molecular complexity index is 590. The first-order valence-corrected chi connectivity index (χ1v) is 8.46. The molecule has 130 valence electrons. The molecular weight excluding hydrogens is 309 g/mol. The fourth-order valence-electron chi connectivity index (χ4n) is 3.16. The first-order valence-electron chi connectivity index (χ1n) is 8.46. The van der Waals surface area contributed by atoms with Crippen LogP contribution in [0.15, 0.2) is 29.3 Å². The van der Waals surface area contributed by atoms with E-state index in [1.165, 1.54) is 12.1 Å². The average molecular weight is 333 g/mol. The van der Waals surface area contributed by atoms with Crippen molar-refractivity contribution in [3.05, 3.63) is 30.1 Å². The largest absolute Gasteiger partial charge is 0.370 e. The number of carbonyl (C=O) groups excluding carboxylic acids is 1. The fourth-order valence-corrected chi connectivity index (χ4v) is 3.16. The minimum Gasteiger partial charge on any atom is -0.370 e. The van der Waals surface area contributed by atoms with Gasteiger partial charge in [-0.1, -0.05) is 0 Å². The van der Waals surface area contributed by atoms with Gasteiger partial charge in [-0.2, -0.15) is 0 Å². The molecule has 0 aliphatic carbocycles. The van der Waals surface area contributed by atoms with Crippen molar-refractivity contribution in [3.63, 3.8) is 0 Å². The van der Waals surface area contributed by atoms with Gasteiger partial charge in [-0.15, -0.1) is 0 Å². The van der Waals surface area contributed by atoms with Gasteiger partial charge < -0.3 is 20.4 Å². The van der Waals surface area contributed by atoms with E-state index in [0.29, 0.717) is 5.96 Å². The maximum Gasteiger partial charge on any atom is 0.244 e. The molecule has 0 bridgehead atoms. The van der Waals surface area contributed by atoms with E-state index in [2.05, 4.69) is 9.89 Å². The number of carbonyl (C=O) groups is 1. The number of hydrogen-bond acceptors (Lipinski definition) is 3. The van der Waals surface area contributed by atoms with E-state index < -0.39 is 0 Å². The summed E-state index contributed by atoms with van der Waals surface area (Å²) in [6.45, 7) is 4.87. The van der Waals surface area contributed by atoms with Gasteiger partial charge in [-0.25, -0.2) is 9.38 Å². The summed E-state index contributed by atoms with van der Waals surface area (Å²) in [7, 11) is 0. The molecule has 3 rings (SSSR count). The Kier molecular flexibility index (Phi) is 5.17. The summed E-state index contributed by atoms with van der Waals surface area (Å²) in [5.41, 5.74) is 7.05. The maximum absolute atomic E-state index is 13.0. The van der Waals surface area contributed by atoms with Crippen molar-refractivity contribution in [2.24, 2.45) is 10.7 Å². The van der Waals surface area contributed by atoms with Crippen molar-refractivity contribution >= 4 is 17.6 Å². The van der Waals surface area contributed by atoms with Gasteiger partial charge in [-0.3, -0.25) is 4.79 Å². The number of nitrogens with zero attached hydrogens (tertiary/aromatic N) is 4. The number of hydrogen-bond donors (Lipinski definition) is 1. The van der Waals surface area contributed by atoms with Crippen LogP contribution in [0.4, 0.5) is 10.1 Å². The highest BCUT2D eigenvalue weighted by Gasteiger charge is 2.20. The molecular formula is C17H24FN5O. The van der Waals surface area contributed by atoms with Gasteiger partial charge in [-0.05, 0) is 37.1 Å². The summed E-state index contributed by atoms with van der Waals surface area (Å²) < 4.78 is 13.0. The van der Waals surface area contributed by atoms with E-state index in [0.717, 1.165) is 57.8 Å². The normalized spacial score (nSPS) is 19.0. The number of likely N-dealkylation sites (tertiary alicyclic amines) is 1. The first-order chi connectivity index (χ1) is 11.6. The van der Waals surface area contributed by atoms with Gasteiger partial charge in [0, 0.05) is 45.0 Å². The number of guanidine groups is 1. The molecule has 2 heterocycles. The van der Waals surface area contributed by atoms with Gasteiger partial charge in [0.05, 0.1) is 0 Å². The Morgan fingerprint density at radius 1 is 1.00 bits per heavy atom. The van der Waals surface area contributed by atoms with Crippen LogP contribution in [0.2, 0.25) is 0 Å². The van der Waals surface area contributed by atoms with E-state index in [9.17, 15) is 9.18 Å². The Hall–Kier alpha value is -2.31. The minimum absolute atomic E-state index is 0.0559. The molecule has 0 aromatic heterocycles. The number of nitrogens with two attached hydrogens (primary N) is 1. The van der Waals surface area contributed by atoms with Crippen LogP contribution in [0, 0.1) is 5.82 Å². The van der Waals surface area contributed by atoms with Crippen LogP contribution < -0.4 is 10.6 Å². The zero-order valence-corrected chi connectivity index (χ0v) is 13.8. The quantitative estimate of drug-likeness (QED) is 0.659. The Morgan fingerprint density at radius 3 is 2.25 bits per heavy atom. The van der Waals surface area contributed by atoms with Crippen molar-refractivity contribution in [1.29, 1.82) is 0 Å².